The third kappa shape index (κ3) is 2.89. The highest BCUT2D eigenvalue weighted by atomic mass is 16.5. The van der Waals surface area contributed by atoms with Gasteiger partial charge in [-0.05, 0) is 36.4 Å². The van der Waals surface area contributed by atoms with E-state index < -0.39 is 22.7 Å². The number of phenols is 2. The summed E-state index contributed by atoms with van der Waals surface area (Å²) in [6.45, 7) is 8.88. The van der Waals surface area contributed by atoms with Crippen molar-refractivity contribution >= 4 is 5.78 Å². The van der Waals surface area contributed by atoms with E-state index in [1.54, 1.807) is 36.4 Å². The van der Waals surface area contributed by atoms with Gasteiger partial charge in [-0.1, -0.05) is 27.7 Å². The minimum Gasteiger partial charge on any atom is -0.508 e. The van der Waals surface area contributed by atoms with Crippen LogP contribution in [0.15, 0.2) is 36.4 Å². The normalized spacial score (nSPS) is 24.3. The number of carbonyl (C=O) groups excluding carboxylic acids is 1. The van der Waals surface area contributed by atoms with Crippen molar-refractivity contribution in [2.24, 2.45) is 10.8 Å². The number of hydrogen-bond donors (Lipinski definition) is 2. The van der Waals surface area contributed by atoms with E-state index in [2.05, 4.69) is 0 Å². The Bertz CT molecular complexity index is 869. The van der Waals surface area contributed by atoms with Gasteiger partial charge in [0.25, 0.3) is 0 Å². The van der Waals surface area contributed by atoms with E-state index in [4.69, 9.17) is 9.47 Å². The van der Waals surface area contributed by atoms with Crippen LogP contribution in [-0.2, 0) is 4.79 Å². The zero-order valence-corrected chi connectivity index (χ0v) is 16.7. The lowest BCUT2D eigenvalue weighted by Gasteiger charge is -2.45. The second kappa shape index (κ2) is 6.16. The molecule has 0 aliphatic carbocycles. The van der Waals surface area contributed by atoms with E-state index in [0.29, 0.717) is 35.8 Å². The molecule has 2 aromatic carbocycles. The van der Waals surface area contributed by atoms with Crippen LogP contribution < -0.4 is 9.47 Å². The lowest BCUT2D eigenvalue weighted by atomic mass is 9.62. The molecule has 2 N–H and O–H groups in total. The van der Waals surface area contributed by atoms with Gasteiger partial charge in [-0.3, -0.25) is 4.79 Å². The molecule has 0 spiro atoms. The molecular weight excluding hydrogens is 356 g/mol. The molecule has 5 heteroatoms. The summed E-state index contributed by atoms with van der Waals surface area (Å²) in [4.78, 5) is 14.1. The number of fused-ring (bicyclic) bond motifs is 2. The number of aromatic hydroxyl groups is 2. The number of hydrogen-bond acceptors (Lipinski definition) is 5. The highest BCUT2D eigenvalue weighted by molar-refractivity contribution is 5.95. The van der Waals surface area contributed by atoms with Crippen LogP contribution in [0.25, 0.3) is 0 Å². The predicted octanol–water partition coefficient (Wildman–Crippen LogP) is 4.37. The van der Waals surface area contributed by atoms with Crippen molar-refractivity contribution in [2.45, 2.75) is 39.5 Å². The maximum atomic E-state index is 14.1. The van der Waals surface area contributed by atoms with Crippen LogP contribution >= 0.6 is 0 Å². The first-order valence-corrected chi connectivity index (χ1v) is 9.55. The smallest absolute Gasteiger partial charge is 0.149 e. The number of phenolic OH excluding ortho intramolecular Hbond substituents is 2. The topological polar surface area (TPSA) is 76.0 Å². The molecule has 2 unspecified atom stereocenters. The van der Waals surface area contributed by atoms with Crippen molar-refractivity contribution in [3.63, 3.8) is 0 Å². The molecule has 0 aromatic heterocycles. The Morgan fingerprint density at radius 2 is 1.21 bits per heavy atom. The van der Waals surface area contributed by atoms with Gasteiger partial charge in [0.1, 0.15) is 28.8 Å². The van der Waals surface area contributed by atoms with Crippen molar-refractivity contribution in [3.05, 3.63) is 47.5 Å². The second-order valence-electron chi connectivity index (χ2n) is 9.27. The summed E-state index contributed by atoms with van der Waals surface area (Å²) in [5.41, 5.74) is 0.544. The summed E-state index contributed by atoms with van der Waals surface area (Å²) in [5, 5.41) is 20.1. The lowest BCUT2D eigenvalue weighted by Crippen LogP contribution is -2.45. The molecule has 0 radical (unpaired) electrons. The van der Waals surface area contributed by atoms with Crippen LogP contribution in [0.2, 0.25) is 0 Å². The molecule has 0 fully saturated rings. The summed E-state index contributed by atoms with van der Waals surface area (Å²) >= 11 is 0. The van der Waals surface area contributed by atoms with Crippen molar-refractivity contribution in [2.75, 3.05) is 13.2 Å². The van der Waals surface area contributed by atoms with Gasteiger partial charge in [0.05, 0.1) is 25.0 Å². The first-order chi connectivity index (χ1) is 13.1. The average molecular weight is 382 g/mol. The number of Topliss-reactive ketones (excluding diaryl/α,β-unsaturated/α-hetero) is 1. The van der Waals surface area contributed by atoms with E-state index >= 15 is 0 Å². The van der Waals surface area contributed by atoms with E-state index in [0.717, 1.165) is 0 Å². The Morgan fingerprint density at radius 1 is 0.821 bits per heavy atom. The van der Waals surface area contributed by atoms with Crippen LogP contribution in [-0.4, -0.2) is 29.2 Å². The molecule has 0 saturated carbocycles. The van der Waals surface area contributed by atoms with E-state index in [-0.39, 0.29) is 17.3 Å². The SMILES string of the molecule is CC1(C)COc2ccc(O)cc2C1C(=O)C1c2cc(O)ccc2OCC1(C)C. The summed E-state index contributed by atoms with van der Waals surface area (Å²) in [6.07, 6.45) is 0. The summed E-state index contributed by atoms with van der Waals surface area (Å²) in [5.74, 6) is 0.666. The number of ether oxygens (including phenoxy) is 2. The van der Waals surface area contributed by atoms with E-state index in [1.165, 1.54) is 0 Å². The molecule has 5 nitrogen and oxygen atoms in total. The fourth-order valence-electron chi connectivity index (χ4n) is 4.57. The van der Waals surface area contributed by atoms with Crippen LogP contribution in [0.1, 0.15) is 50.7 Å². The number of ketones is 1. The quantitative estimate of drug-likeness (QED) is 0.807. The number of rotatable bonds is 2. The molecule has 4 rings (SSSR count). The zero-order valence-electron chi connectivity index (χ0n) is 16.7. The van der Waals surface area contributed by atoms with Crippen molar-refractivity contribution in [1.29, 1.82) is 0 Å². The molecule has 0 bridgehead atoms. The molecular formula is C23H26O5. The van der Waals surface area contributed by atoms with Gasteiger partial charge in [-0.15, -0.1) is 0 Å². The molecule has 0 saturated heterocycles. The van der Waals surface area contributed by atoms with Crippen LogP contribution in [0.5, 0.6) is 23.0 Å². The van der Waals surface area contributed by atoms with Crippen LogP contribution in [0.3, 0.4) is 0 Å². The average Bonchev–Trinajstić information content (AvgIpc) is 2.59. The minimum absolute atomic E-state index is 0.0558. The molecule has 148 valence electrons. The Labute approximate surface area is 164 Å². The highest BCUT2D eigenvalue weighted by Gasteiger charge is 2.50. The molecule has 0 amide bonds. The monoisotopic (exact) mass is 382 g/mol. The molecule has 2 aliphatic heterocycles. The highest BCUT2D eigenvalue weighted by Crippen LogP contribution is 2.53. The van der Waals surface area contributed by atoms with E-state index in [9.17, 15) is 15.0 Å². The van der Waals surface area contributed by atoms with Gasteiger partial charge in [0, 0.05) is 22.0 Å². The third-order valence-electron chi connectivity index (χ3n) is 5.94. The van der Waals surface area contributed by atoms with Gasteiger partial charge in [0.2, 0.25) is 0 Å². The zero-order chi connectivity index (χ0) is 20.3. The van der Waals surface area contributed by atoms with Crippen molar-refractivity contribution < 1.29 is 24.5 Å². The van der Waals surface area contributed by atoms with Crippen LogP contribution in [0.4, 0.5) is 0 Å². The Kier molecular flexibility index (Phi) is 4.11. The summed E-state index contributed by atoms with van der Waals surface area (Å²) < 4.78 is 11.7. The Morgan fingerprint density at radius 3 is 1.61 bits per heavy atom. The first kappa shape index (κ1) is 18.7. The number of carbonyl (C=O) groups is 1. The first-order valence-electron chi connectivity index (χ1n) is 9.55. The van der Waals surface area contributed by atoms with Gasteiger partial charge < -0.3 is 19.7 Å². The lowest BCUT2D eigenvalue weighted by molar-refractivity contribution is -0.129. The fourth-order valence-corrected chi connectivity index (χ4v) is 4.57. The van der Waals surface area contributed by atoms with Gasteiger partial charge >= 0.3 is 0 Å². The molecule has 2 heterocycles. The third-order valence-corrected chi connectivity index (χ3v) is 5.94. The molecule has 2 aliphatic rings. The van der Waals surface area contributed by atoms with Gasteiger partial charge in [-0.2, -0.15) is 0 Å². The molecule has 2 atom stereocenters. The Hall–Kier alpha value is -2.69. The summed E-state index contributed by atoms with van der Waals surface area (Å²) in [6, 6.07) is 9.85. The van der Waals surface area contributed by atoms with Crippen molar-refractivity contribution in [1.82, 2.24) is 0 Å². The van der Waals surface area contributed by atoms with Crippen LogP contribution in [0, 0.1) is 10.8 Å². The standard InChI is InChI=1S/C23H26O5/c1-22(2)11-27-17-7-5-13(24)9-15(17)19(22)21(26)20-16-10-14(25)6-8-18(16)28-12-23(20,3)4/h5-10,19-20,24-25H,11-12H2,1-4H3. The Balaban J connectivity index is 1.87. The van der Waals surface area contributed by atoms with Gasteiger partial charge in [-0.25, -0.2) is 0 Å². The van der Waals surface area contributed by atoms with Gasteiger partial charge in [0.15, 0.2) is 0 Å². The molecule has 28 heavy (non-hydrogen) atoms. The maximum absolute atomic E-state index is 14.1. The fraction of sp³-hybridized carbons (Fsp3) is 0.435. The second-order valence-corrected chi connectivity index (χ2v) is 9.27. The predicted molar refractivity (Wildman–Crippen MR) is 105 cm³/mol. The minimum atomic E-state index is -0.444. The van der Waals surface area contributed by atoms with Crippen molar-refractivity contribution in [3.8, 4) is 23.0 Å². The summed E-state index contributed by atoms with van der Waals surface area (Å²) in [7, 11) is 0. The molecule has 2 aromatic rings. The number of benzene rings is 2. The van der Waals surface area contributed by atoms with E-state index in [1.807, 2.05) is 27.7 Å². The largest absolute Gasteiger partial charge is 0.508 e. The maximum Gasteiger partial charge on any atom is 0.149 e.